The van der Waals surface area contributed by atoms with Crippen LogP contribution in [0.2, 0.25) is 0 Å². The minimum absolute atomic E-state index is 0.834. The van der Waals surface area contributed by atoms with E-state index >= 15 is 0 Å². The van der Waals surface area contributed by atoms with Crippen LogP contribution in [-0.2, 0) is 0 Å². The molecular weight excluding hydrogens is 777 g/mol. The first-order valence-electron chi connectivity index (χ1n) is 21.8. The van der Waals surface area contributed by atoms with Gasteiger partial charge in [-0.25, -0.2) is 9.97 Å². The molecule has 0 unspecified atom stereocenters. The quantitative estimate of drug-likeness (QED) is 0.168. The Kier molecular flexibility index (Phi) is 8.18. The van der Waals surface area contributed by atoms with Crippen LogP contribution in [0.15, 0.2) is 231 Å². The molecule has 3 aromatic heterocycles. The summed E-state index contributed by atoms with van der Waals surface area (Å²) in [6.07, 6.45) is 0. The van der Waals surface area contributed by atoms with Crippen molar-refractivity contribution in [1.82, 2.24) is 19.1 Å². The van der Waals surface area contributed by atoms with E-state index < -0.39 is 0 Å². The Hall–Kier alpha value is -8.60. The second-order valence-electron chi connectivity index (χ2n) is 16.6. The fourth-order valence-corrected chi connectivity index (χ4v) is 9.87. The maximum absolute atomic E-state index is 5.52. The van der Waals surface area contributed by atoms with Crippen LogP contribution in [0.5, 0.6) is 0 Å². The van der Waals surface area contributed by atoms with Crippen molar-refractivity contribution in [2.24, 2.45) is 0 Å². The average Bonchev–Trinajstić information content (AvgIpc) is 3.88. The summed E-state index contributed by atoms with van der Waals surface area (Å²) in [5, 5.41) is 7.42. The summed E-state index contributed by atoms with van der Waals surface area (Å²) in [7, 11) is 0. The number of hydrogen-bond acceptors (Lipinski definition) is 2. The lowest BCUT2D eigenvalue weighted by Crippen LogP contribution is -1.99. The van der Waals surface area contributed by atoms with Crippen LogP contribution in [0, 0.1) is 0 Å². The predicted octanol–water partition coefficient (Wildman–Crippen LogP) is 15.6. The van der Waals surface area contributed by atoms with E-state index in [1.165, 1.54) is 54.5 Å². The molecule has 0 aliphatic carbocycles. The number of para-hydroxylation sites is 2. The first-order chi connectivity index (χ1) is 31.7. The Balaban J connectivity index is 1.03. The van der Waals surface area contributed by atoms with Crippen LogP contribution in [0.25, 0.3) is 122 Å². The van der Waals surface area contributed by atoms with Gasteiger partial charge in [0, 0.05) is 44.0 Å². The van der Waals surface area contributed by atoms with E-state index in [1.807, 2.05) is 0 Å². The zero-order valence-corrected chi connectivity index (χ0v) is 34.7. The lowest BCUT2D eigenvalue weighted by molar-refractivity contribution is 1.16. The molecule has 0 aliphatic rings. The highest BCUT2D eigenvalue weighted by Crippen LogP contribution is 2.42. The van der Waals surface area contributed by atoms with Crippen LogP contribution in [0.3, 0.4) is 0 Å². The largest absolute Gasteiger partial charge is 0.309 e. The van der Waals surface area contributed by atoms with E-state index in [9.17, 15) is 0 Å². The molecule has 0 amide bonds. The molecule has 4 nitrogen and oxygen atoms in total. The maximum atomic E-state index is 5.52. The molecular formula is C60H38N4. The van der Waals surface area contributed by atoms with Crippen molar-refractivity contribution < 1.29 is 0 Å². The predicted molar refractivity (Wildman–Crippen MR) is 267 cm³/mol. The fraction of sp³-hybridized carbons (Fsp3) is 0. The summed E-state index contributed by atoms with van der Waals surface area (Å²) in [4.78, 5) is 10.9. The normalized spacial score (nSPS) is 11.8. The first-order valence-corrected chi connectivity index (χ1v) is 21.8. The summed E-state index contributed by atoms with van der Waals surface area (Å²) < 4.78 is 4.83. The maximum Gasteiger partial charge on any atom is 0.0973 e. The van der Waals surface area contributed by atoms with Gasteiger partial charge in [-0.1, -0.05) is 176 Å². The number of benzene rings is 10. The third-order valence-corrected chi connectivity index (χ3v) is 12.9. The second-order valence-corrected chi connectivity index (χ2v) is 16.6. The average molecular weight is 815 g/mol. The van der Waals surface area contributed by atoms with E-state index in [0.717, 1.165) is 67.1 Å². The second kappa shape index (κ2) is 14.5. The fourth-order valence-electron chi connectivity index (χ4n) is 9.87. The van der Waals surface area contributed by atoms with Crippen molar-refractivity contribution in [3.63, 3.8) is 0 Å². The van der Waals surface area contributed by atoms with Crippen molar-refractivity contribution in [3.05, 3.63) is 231 Å². The third-order valence-electron chi connectivity index (χ3n) is 12.9. The van der Waals surface area contributed by atoms with Gasteiger partial charge in [0.25, 0.3) is 0 Å². The Morgan fingerprint density at radius 3 is 1.45 bits per heavy atom. The first kappa shape index (κ1) is 36.1. The van der Waals surface area contributed by atoms with Crippen molar-refractivity contribution >= 4 is 65.4 Å². The Morgan fingerprint density at radius 1 is 0.266 bits per heavy atom. The Bertz CT molecular complexity index is 3910. The van der Waals surface area contributed by atoms with E-state index in [1.54, 1.807) is 0 Å². The molecule has 3 heterocycles. The lowest BCUT2D eigenvalue weighted by Gasteiger charge is -2.14. The topological polar surface area (TPSA) is 35.6 Å². The van der Waals surface area contributed by atoms with Gasteiger partial charge < -0.3 is 9.13 Å². The summed E-state index contributed by atoms with van der Waals surface area (Å²) in [5.41, 5.74) is 16.9. The molecule has 13 rings (SSSR count). The van der Waals surface area contributed by atoms with Crippen molar-refractivity contribution in [3.8, 4) is 56.1 Å². The van der Waals surface area contributed by atoms with Crippen LogP contribution >= 0.6 is 0 Å². The molecule has 0 aliphatic heterocycles. The number of fused-ring (bicyclic) bond motifs is 9. The molecule has 0 atom stereocenters. The van der Waals surface area contributed by atoms with Crippen LogP contribution < -0.4 is 0 Å². The summed E-state index contributed by atoms with van der Waals surface area (Å²) in [6, 6.07) is 82.6. The van der Waals surface area contributed by atoms with Gasteiger partial charge in [0.05, 0.1) is 44.5 Å². The summed E-state index contributed by atoms with van der Waals surface area (Å²) >= 11 is 0. The molecule has 10 aromatic carbocycles. The summed E-state index contributed by atoms with van der Waals surface area (Å²) in [5.74, 6) is 0. The molecule has 0 fully saturated rings. The van der Waals surface area contributed by atoms with Gasteiger partial charge in [-0.3, -0.25) is 0 Å². The molecule has 4 heteroatoms. The zero-order valence-electron chi connectivity index (χ0n) is 34.7. The van der Waals surface area contributed by atoms with Crippen LogP contribution in [0.4, 0.5) is 0 Å². The monoisotopic (exact) mass is 814 g/mol. The molecule has 0 spiro atoms. The zero-order chi connectivity index (χ0) is 42.1. The van der Waals surface area contributed by atoms with Crippen molar-refractivity contribution in [1.29, 1.82) is 0 Å². The van der Waals surface area contributed by atoms with Gasteiger partial charge in [0.2, 0.25) is 0 Å². The van der Waals surface area contributed by atoms with Gasteiger partial charge in [-0.05, 0) is 87.6 Å². The highest BCUT2D eigenvalue weighted by atomic mass is 15.0. The van der Waals surface area contributed by atoms with E-state index in [0.29, 0.717) is 0 Å². The van der Waals surface area contributed by atoms with Gasteiger partial charge >= 0.3 is 0 Å². The van der Waals surface area contributed by atoms with Crippen LogP contribution in [-0.4, -0.2) is 19.1 Å². The SMILES string of the molecule is c1ccc(-c2ccc(-c3nc4ccc(-n5c6ccccc6c6cc7c8c9ccccc9ccc8n(-c8ccccc8)c7cc65)cc4nc3-c3ccc(-c4ccccc4)cc3)cc2)cc1. The van der Waals surface area contributed by atoms with Gasteiger partial charge in [0.1, 0.15) is 0 Å². The van der Waals surface area contributed by atoms with E-state index in [-0.39, 0.29) is 0 Å². The molecule has 0 saturated carbocycles. The molecule has 13 aromatic rings. The number of rotatable bonds is 6. The van der Waals surface area contributed by atoms with Gasteiger partial charge in [0.15, 0.2) is 0 Å². The Labute approximate surface area is 369 Å². The smallest absolute Gasteiger partial charge is 0.0973 e. The highest BCUT2D eigenvalue weighted by molar-refractivity contribution is 6.25. The molecule has 64 heavy (non-hydrogen) atoms. The number of aromatic nitrogens is 4. The minimum atomic E-state index is 0.834. The number of hydrogen-bond donors (Lipinski definition) is 0. The molecule has 0 saturated heterocycles. The van der Waals surface area contributed by atoms with Gasteiger partial charge in [-0.15, -0.1) is 0 Å². The number of nitrogens with zero attached hydrogens (tertiary/aromatic N) is 4. The molecule has 298 valence electrons. The van der Waals surface area contributed by atoms with Crippen LogP contribution in [0.1, 0.15) is 0 Å². The molecule has 0 radical (unpaired) electrons. The minimum Gasteiger partial charge on any atom is -0.309 e. The summed E-state index contributed by atoms with van der Waals surface area (Å²) in [6.45, 7) is 0. The molecule has 0 bridgehead atoms. The lowest BCUT2D eigenvalue weighted by atomic mass is 9.98. The van der Waals surface area contributed by atoms with E-state index in [4.69, 9.17) is 9.97 Å². The van der Waals surface area contributed by atoms with E-state index in [2.05, 4.69) is 240 Å². The van der Waals surface area contributed by atoms with Crippen molar-refractivity contribution in [2.75, 3.05) is 0 Å². The van der Waals surface area contributed by atoms with Gasteiger partial charge in [-0.2, -0.15) is 0 Å². The van der Waals surface area contributed by atoms with Crippen molar-refractivity contribution in [2.45, 2.75) is 0 Å². The third kappa shape index (κ3) is 5.77. The molecule has 0 N–H and O–H groups in total. The Morgan fingerprint density at radius 2 is 0.781 bits per heavy atom. The highest BCUT2D eigenvalue weighted by Gasteiger charge is 2.21. The standard InChI is InChI=1S/C60H38N4/c1-4-14-39(15-5-1)41-24-28-44(29-25-41)59-60(45-30-26-42(27-31-45)40-16-6-2-7-17-40)62-53-36-47(33-34-52(53)61-59)64-54-23-13-12-22-49(54)50-37-51-57(38-56(50)64)63(46-19-8-3-9-20-46)55-35-32-43-18-10-11-21-48(43)58(51)55/h1-38H.